The molecular formula is CH2Cd3O4S. The summed E-state index contributed by atoms with van der Waals surface area (Å²) in [5, 5.41) is 15.5. The van der Waals surface area contributed by atoms with E-state index in [1.165, 1.54) is 0 Å². The average Bonchev–Trinajstić information content (AvgIpc) is 2.26. The second kappa shape index (κ2) is 8.92. The molecule has 0 aromatic carbocycles. The van der Waals surface area contributed by atoms with E-state index < -0.39 is 6.16 Å². The maximum atomic E-state index is 7.74. The van der Waals surface area contributed by atoms with E-state index in [-0.39, 0.29) is 54.6 Å². The monoisotopic (exact) mass is 452 g/mol. The zero-order valence-corrected chi connectivity index (χ0v) is 17.7. The predicted molar refractivity (Wildman–Crippen MR) is 16.9 cm³/mol. The van der Waals surface area contributed by atoms with Gasteiger partial charge in [0.15, 0.2) is 0 Å². The van der Waals surface area contributed by atoms with Crippen LogP contribution in [0.5, 0.6) is 0 Å². The van der Waals surface area contributed by atoms with Crippen LogP contribution in [0, 0.1) is 0 Å². The molecule has 0 spiro atoms. The molecule has 1 aliphatic rings. The molecule has 1 saturated heterocycles. The van der Waals surface area contributed by atoms with E-state index in [1.54, 1.807) is 0 Å². The standard InChI is InChI=1S/CH2O4.3Cd.S/c2-1(3)4-5-1;;;;/h2-3H;;;;. The van der Waals surface area contributed by atoms with Crippen molar-refractivity contribution in [2.75, 3.05) is 0 Å². The summed E-state index contributed by atoms with van der Waals surface area (Å²) in [4.78, 5) is 7.01. The minimum atomic E-state index is -2.25. The molecule has 42 valence electrons. The Hall–Kier alpha value is 2.83. The van der Waals surface area contributed by atoms with Crippen molar-refractivity contribution in [1.82, 2.24) is 0 Å². The van der Waals surface area contributed by atoms with E-state index in [1.807, 2.05) is 0 Å². The second-order valence-corrected chi connectivity index (χ2v) is 0.715. The Balaban J connectivity index is -0.0000000836. The molecule has 0 aromatic rings. The molecule has 0 atom stereocenters. The molecule has 1 rings (SSSR count). The van der Waals surface area contributed by atoms with Crippen LogP contribution < -0.4 is 0 Å². The van der Waals surface area contributed by atoms with Crippen molar-refractivity contribution < 1.29 is 98.3 Å². The number of hydrogen-bond donors (Lipinski definition) is 2. The molecule has 1 aliphatic heterocycles. The first-order valence-corrected chi connectivity index (χ1v) is 6.83. The van der Waals surface area contributed by atoms with Crippen molar-refractivity contribution in [3.05, 3.63) is 0 Å². The molecule has 1 fully saturated rings. The topological polar surface area (TPSA) is 65.5 Å². The quantitative estimate of drug-likeness (QED) is 0.220. The molecule has 4 nitrogen and oxygen atoms in total. The van der Waals surface area contributed by atoms with Crippen LogP contribution in [0.2, 0.25) is 0 Å². The van der Waals surface area contributed by atoms with Crippen molar-refractivity contribution in [2.45, 2.75) is 6.16 Å². The van der Waals surface area contributed by atoms with Gasteiger partial charge in [-0.25, -0.2) is 0 Å². The van der Waals surface area contributed by atoms with Crippen LogP contribution in [0.3, 0.4) is 0 Å². The molecule has 0 radical (unpaired) electrons. The summed E-state index contributed by atoms with van der Waals surface area (Å²) in [5.74, 6) is 0. The molecule has 0 aromatic heterocycles. The van der Waals surface area contributed by atoms with Crippen LogP contribution in [0.25, 0.3) is 0 Å². The van der Waals surface area contributed by atoms with Crippen LogP contribution in [0.1, 0.15) is 0 Å². The van der Waals surface area contributed by atoms with Crippen molar-refractivity contribution >= 4 is 8.65 Å². The van der Waals surface area contributed by atoms with Gasteiger partial charge in [-0.05, 0) is 0 Å². The van der Waals surface area contributed by atoms with Gasteiger partial charge in [-0.15, -0.1) is 9.78 Å². The van der Waals surface area contributed by atoms with Gasteiger partial charge in [-0.1, -0.05) is 0 Å². The van der Waals surface area contributed by atoms with Crippen LogP contribution in [-0.4, -0.2) is 16.4 Å². The fourth-order valence-corrected chi connectivity index (χ4v) is 0.0373. The summed E-state index contributed by atoms with van der Waals surface area (Å²) in [5.41, 5.74) is 0. The van der Waals surface area contributed by atoms with Gasteiger partial charge < -0.3 is 10.2 Å². The Bertz CT molecular complexity index is 62.8. The summed E-state index contributed by atoms with van der Waals surface area (Å²) in [6.45, 7) is 0. The van der Waals surface area contributed by atoms with E-state index in [0.717, 1.165) is 23.7 Å². The number of rotatable bonds is 0. The SMILES string of the molecule is OC1(O)OO1.[Cd].[Cd].[S]=[Cd]. The molecule has 0 unspecified atom stereocenters. The summed E-state index contributed by atoms with van der Waals surface area (Å²) in [7, 11) is 4.25. The molecule has 0 aliphatic carbocycles. The zero-order valence-electron chi connectivity index (χ0n) is 4.74. The normalized spacial score (nSPS) is 17.3. The van der Waals surface area contributed by atoms with Gasteiger partial charge in [0, 0.05) is 54.6 Å². The Labute approximate surface area is 111 Å². The fourth-order valence-electron chi connectivity index (χ4n) is 0.0373. The third-order valence-electron chi connectivity index (χ3n) is 0.232. The van der Waals surface area contributed by atoms with Gasteiger partial charge >= 0.3 is 38.5 Å². The average molecular weight is 447 g/mol. The van der Waals surface area contributed by atoms with Crippen molar-refractivity contribution in [1.29, 1.82) is 0 Å². The Kier molecular flexibility index (Phi) is 17.6. The van der Waals surface area contributed by atoms with Gasteiger partial charge in [0.1, 0.15) is 0 Å². The predicted octanol–water partition coefficient (Wildman–Crippen LogP) is -0.815. The molecule has 9 heavy (non-hydrogen) atoms. The minimum absolute atomic E-state index is 0. The molecule has 8 heteroatoms. The van der Waals surface area contributed by atoms with Gasteiger partial charge in [0.05, 0.1) is 0 Å². The van der Waals surface area contributed by atoms with E-state index in [9.17, 15) is 0 Å². The molecular weight excluding hydrogens is 445 g/mol. The van der Waals surface area contributed by atoms with Crippen molar-refractivity contribution in [3.63, 3.8) is 0 Å². The Morgan fingerprint density at radius 3 is 1.22 bits per heavy atom. The summed E-state index contributed by atoms with van der Waals surface area (Å²) in [6, 6.07) is 0. The third-order valence-corrected chi connectivity index (χ3v) is 0.232. The molecule has 2 N–H and O–H groups in total. The van der Waals surface area contributed by atoms with Crippen LogP contribution in [0.15, 0.2) is 0 Å². The van der Waals surface area contributed by atoms with Crippen LogP contribution >= 0.6 is 8.65 Å². The first kappa shape index (κ1) is 17.8. The van der Waals surface area contributed by atoms with Gasteiger partial charge in [-0.2, -0.15) is 0 Å². The van der Waals surface area contributed by atoms with Gasteiger partial charge in [0.25, 0.3) is 0 Å². The summed E-state index contributed by atoms with van der Waals surface area (Å²) >= 11 is 0.733. The number of aliphatic hydroxyl groups is 2. The third kappa shape index (κ3) is 13.8. The molecule has 0 saturated carbocycles. The first-order chi connectivity index (χ1) is 3.21. The van der Waals surface area contributed by atoms with E-state index >= 15 is 0 Å². The van der Waals surface area contributed by atoms with Gasteiger partial charge in [0.2, 0.25) is 0 Å². The van der Waals surface area contributed by atoms with E-state index in [0.29, 0.717) is 0 Å². The molecule has 0 amide bonds. The second-order valence-electron chi connectivity index (χ2n) is 0.715. The first-order valence-electron chi connectivity index (χ1n) is 1.31. The molecule has 1 heterocycles. The molecule has 0 bridgehead atoms. The maximum absolute atomic E-state index is 7.74. The Morgan fingerprint density at radius 1 is 1.11 bits per heavy atom. The van der Waals surface area contributed by atoms with Crippen LogP contribution in [0.4, 0.5) is 0 Å². The van der Waals surface area contributed by atoms with E-state index in [2.05, 4.69) is 18.4 Å². The van der Waals surface area contributed by atoms with Crippen LogP contribution in [-0.2, 0) is 88.1 Å². The zero-order chi connectivity index (χ0) is 5.91. The van der Waals surface area contributed by atoms with E-state index in [4.69, 9.17) is 10.2 Å². The Morgan fingerprint density at radius 2 is 1.22 bits per heavy atom. The van der Waals surface area contributed by atoms with Gasteiger partial charge in [-0.3, -0.25) is 0 Å². The van der Waals surface area contributed by atoms with Crippen molar-refractivity contribution in [2.24, 2.45) is 0 Å². The summed E-state index contributed by atoms with van der Waals surface area (Å²) < 4.78 is 0. The van der Waals surface area contributed by atoms with Crippen molar-refractivity contribution in [3.8, 4) is 0 Å². The number of hydrogen-bond acceptors (Lipinski definition) is 5. The summed E-state index contributed by atoms with van der Waals surface area (Å²) in [6.07, 6.45) is -2.25. The fraction of sp³-hybridized carbons (Fsp3) is 1.00.